The van der Waals surface area contributed by atoms with Crippen molar-refractivity contribution in [1.82, 2.24) is 34.4 Å². The van der Waals surface area contributed by atoms with Crippen molar-refractivity contribution < 1.29 is 0 Å². The maximum Gasteiger partial charge on any atom is 0.275 e. The molecule has 2 aromatic carbocycles. The molecule has 0 unspecified atom stereocenters. The highest BCUT2D eigenvalue weighted by atomic mass is 16.1. The highest BCUT2D eigenvalue weighted by molar-refractivity contribution is 5.93. The number of fused-ring (bicyclic) bond motifs is 2. The van der Waals surface area contributed by atoms with E-state index in [2.05, 4.69) is 56.1 Å². The molecule has 0 saturated carbocycles. The lowest BCUT2D eigenvalue weighted by Crippen LogP contribution is -2.48. The fourth-order valence-electron chi connectivity index (χ4n) is 4.75. The van der Waals surface area contributed by atoms with Gasteiger partial charge in [0.1, 0.15) is 12.1 Å². The molecule has 0 atom stereocenters. The van der Waals surface area contributed by atoms with E-state index in [0.717, 1.165) is 59.7 Å². The first-order valence-corrected chi connectivity index (χ1v) is 11.8. The molecule has 6 rings (SSSR count). The number of aryl methyl sites for hydroxylation is 2. The van der Waals surface area contributed by atoms with Crippen molar-refractivity contribution in [1.29, 1.82) is 0 Å². The van der Waals surface area contributed by atoms with Crippen LogP contribution in [-0.4, -0.2) is 60.6 Å². The smallest absolute Gasteiger partial charge is 0.275 e. The minimum Gasteiger partial charge on any atom is -0.353 e. The molecule has 176 valence electrons. The van der Waals surface area contributed by atoms with E-state index in [4.69, 9.17) is 5.10 Å². The average Bonchev–Trinajstić information content (AvgIpc) is 3.28. The fraction of sp³-hybridized carbons (Fsp3) is 0.269. The zero-order valence-corrected chi connectivity index (χ0v) is 19.8. The number of hydrogen-bond acceptors (Lipinski definition) is 7. The first-order valence-electron chi connectivity index (χ1n) is 11.8. The van der Waals surface area contributed by atoms with Crippen LogP contribution in [0, 0.1) is 6.92 Å². The van der Waals surface area contributed by atoms with Crippen LogP contribution >= 0.6 is 0 Å². The Hall–Kier alpha value is -4.11. The van der Waals surface area contributed by atoms with Crippen LogP contribution < -0.4 is 10.5 Å². The number of rotatable bonds is 4. The third kappa shape index (κ3) is 3.83. The first kappa shape index (κ1) is 21.4. The quantitative estimate of drug-likeness (QED) is 0.403. The van der Waals surface area contributed by atoms with Crippen molar-refractivity contribution in [3.05, 3.63) is 77.0 Å². The Morgan fingerprint density at radius 3 is 2.40 bits per heavy atom. The molecule has 9 heteroatoms. The maximum atomic E-state index is 13.3. The Kier molecular flexibility index (Phi) is 5.26. The minimum atomic E-state index is -0.0632. The van der Waals surface area contributed by atoms with E-state index < -0.39 is 0 Å². The molecule has 0 amide bonds. The van der Waals surface area contributed by atoms with Crippen molar-refractivity contribution in [2.75, 3.05) is 31.1 Å². The van der Waals surface area contributed by atoms with Gasteiger partial charge in [0.15, 0.2) is 5.65 Å². The van der Waals surface area contributed by atoms with Gasteiger partial charge in [-0.25, -0.2) is 14.6 Å². The SMILES string of the molecule is Cc1ccc(-c2nn(CN3CCN(c4ncnc5c4cnn5C)CC3)c(=O)c3ccccc23)cc1. The molecule has 1 aliphatic rings. The predicted molar refractivity (Wildman–Crippen MR) is 136 cm³/mol. The summed E-state index contributed by atoms with van der Waals surface area (Å²) < 4.78 is 3.37. The molecule has 1 aliphatic heterocycles. The first-order chi connectivity index (χ1) is 17.1. The molecular weight excluding hydrogens is 440 g/mol. The number of anilines is 1. The summed E-state index contributed by atoms with van der Waals surface area (Å²) in [4.78, 5) is 26.7. The van der Waals surface area contributed by atoms with E-state index in [1.807, 2.05) is 37.5 Å². The van der Waals surface area contributed by atoms with E-state index in [1.165, 1.54) is 5.56 Å². The molecule has 0 spiro atoms. The summed E-state index contributed by atoms with van der Waals surface area (Å²) in [5.74, 6) is 0.908. The van der Waals surface area contributed by atoms with Crippen LogP contribution in [0.2, 0.25) is 0 Å². The second kappa shape index (κ2) is 8.59. The summed E-state index contributed by atoms with van der Waals surface area (Å²) >= 11 is 0. The molecule has 0 N–H and O–H groups in total. The van der Waals surface area contributed by atoms with Gasteiger partial charge in [0, 0.05) is 44.2 Å². The van der Waals surface area contributed by atoms with Gasteiger partial charge in [-0.1, -0.05) is 48.0 Å². The van der Waals surface area contributed by atoms with Gasteiger partial charge in [0.05, 0.1) is 29.3 Å². The van der Waals surface area contributed by atoms with E-state index in [-0.39, 0.29) is 5.56 Å². The molecule has 3 aromatic heterocycles. The average molecular weight is 467 g/mol. The second-order valence-corrected chi connectivity index (χ2v) is 9.01. The molecule has 35 heavy (non-hydrogen) atoms. The van der Waals surface area contributed by atoms with E-state index in [1.54, 1.807) is 15.7 Å². The number of piperazine rings is 1. The van der Waals surface area contributed by atoms with Crippen LogP contribution in [-0.2, 0) is 13.7 Å². The molecular formula is C26H26N8O. The van der Waals surface area contributed by atoms with Crippen LogP contribution in [0.15, 0.2) is 65.8 Å². The van der Waals surface area contributed by atoms with Gasteiger partial charge in [-0.05, 0) is 13.0 Å². The molecule has 1 saturated heterocycles. The van der Waals surface area contributed by atoms with Crippen LogP contribution in [0.1, 0.15) is 5.56 Å². The second-order valence-electron chi connectivity index (χ2n) is 9.01. The van der Waals surface area contributed by atoms with Gasteiger partial charge in [0.2, 0.25) is 0 Å². The largest absolute Gasteiger partial charge is 0.353 e. The molecule has 1 fully saturated rings. The normalized spacial score (nSPS) is 14.7. The standard InChI is InChI=1S/C26H26N8O/c1-18-7-9-19(10-8-18)23-20-5-3-4-6-21(20)26(35)34(30-23)17-32-11-13-33(14-12-32)25-22-15-29-31(2)24(22)27-16-28-25/h3-10,15-16H,11-14,17H2,1-2H3. The van der Waals surface area contributed by atoms with Gasteiger partial charge in [-0.3, -0.25) is 14.4 Å². The van der Waals surface area contributed by atoms with Crippen molar-refractivity contribution in [2.24, 2.45) is 7.05 Å². The van der Waals surface area contributed by atoms with E-state index in [0.29, 0.717) is 12.1 Å². The van der Waals surface area contributed by atoms with Crippen molar-refractivity contribution in [3.63, 3.8) is 0 Å². The lowest BCUT2D eigenvalue weighted by atomic mass is 10.0. The number of nitrogens with zero attached hydrogens (tertiary/aromatic N) is 8. The lowest BCUT2D eigenvalue weighted by molar-refractivity contribution is 0.192. The summed E-state index contributed by atoms with van der Waals surface area (Å²) in [5, 5.41) is 11.7. The Bertz CT molecular complexity index is 1580. The van der Waals surface area contributed by atoms with Crippen LogP contribution in [0.5, 0.6) is 0 Å². The molecule has 0 radical (unpaired) electrons. The van der Waals surface area contributed by atoms with Gasteiger partial charge >= 0.3 is 0 Å². The Balaban J connectivity index is 1.27. The summed E-state index contributed by atoms with van der Waals surface area (Å²) in [6.07, 6.45) is 3.42. The molecule has 0 aliphatic carbocycles. The third-order valence-electron chi connectivity index (χ3n) is 6.71. The highest BCUT2D eigenvalue weighted by Crippen LogP contribution is 2.26. The maximum absolute atomic E-state index is 13.3. The Labute approximate surface area is 202 Å². The molecule has 0 bridgehead atoms. The van der Waals surface area contributed by atoms with Gasteiger partial charge in [-0.2, -0.15) is 10.2 Å². The zero-order valence-electron chi connectivity index (χ0n) is 19.8. The van der Waals surface area contributed by atoms with Crippen molar-refractivity contribution >= 4 is 27.6 Å². The predicted octanol–water partition coefficient (Wildman–Crippen LogP) is 2.83. The monoisotopic (exact) mass is 466 g/mol. The van der Waals surface area contributed by atoms with E-state index in [9.17, 15) is 4.79 Å². The molecule has 5 aromatic rings. The molecule has 9 nitrogen and oxygen atoms in total. The van der Waals surface area contributed by atoms with Gasteiger partial charge < -0.3 is 4.90 Å². The highest BCUT2D eigenvalue weighted by Gasteiger charge is 2.22. The van der Waals surface area contributed by atoms with Gasteiger partial charge in [0.25, 0.3) is 5.56 Å². The third-order valence-corrected chi connectivity index (χ3v) is 6.71. The number of aromatic nitrogens is 6. The Morgan fingerprint density at radius 1 is 0.886 bits per heavy atom. The van der Waals surface area contributed by atoms with Crippen LogP contribution in [0.4, 0.5) is 5.82 Å². The summed E-state index contributed by atoms with van der Waals surface area (Å²) in [7, 11) is 1.89. The van der Waals surface area contributed by atoms with Crippen LogP contribution in [0.25, 0.3) is 33.1 Å². The van der Waals surface area contributed by atoms with Crippen LogP contribution in [0.3, 0.4) is 0 Å². The van der Waals surface area contributed by atoms with Crippen molar-refractivity contribution in [3.8, 4) is 11.3 Å². The fourth-order valence-corrected chi connectivity index (χ4v) is 4.75. The summed E-state index contributed by atoms with van der Waals surface area (Å²) in [6, 6.07) is 16.0. The summed E-state index contributed by atoms with van der Waals surface area (Å²) in [5.41, 5.74) is 3.80. The zero-order chi connectivity index (χ0) is 23.9. The minimum absolute atomic E-state index is 0.0632. The molecule has 4 heterocycles. The van der Waals surface area contributed by atoms with Crippen molar-refractivity contribution in [2.45, 2.75) is 13.6 Å². The van der Waals surface area contributed by atoms with E-state index >= 15 is 0 Å². The topological polar surface area (TPSA) is 85.0 Å². The Morgan fingerprint density at radius 2 is 1.63 bits per heavy atom. The lowest BCUT2D eigenvalue weighted by Gasteiger charge is -2.35. The number of hydrogen-bond donors (Lipinski definition) is 0. The number of benzene rings is 2. The van der Waals surface area contributed by atoms with Gasteiger partial charge in [-0.15, -0.1) is 0 Å². The summed E-state index contributed by atoms with van der Waals surface area (Å²) in [6.45, 7) is 5.71.